The van der Waals surface area contributed by atoms with Crippen LogP contribution in [0.15, 0.2) is 37.8 Å². The van der Waals surface area contributed by atoms with E-state index in [1.165, 1.54) is 0 Å². The number of H-pyrrole nitrogens is 1. The molecule has 0 saturated carbocycles. The number of Topliss-reactive ketones (excluding diaryl/α,β-unsaturated/α-hetero) is 1. The van der Waals surface area contributed by atoms with Crippen molar-refractivity contribution in [1.29, 1.82) is 0 Å². The number of aromatic amines is 1. The highest BCUT2D eigenvalue weighted by Gasteiger charge is 2.43. The Bertz CT molecular complexity index is 1060. The van der Waals surface area contributed by atoms with Gasteiger partial charge >= 0.3 is 0 Å². The van der Waals surface area contributed by atoms with Crippen LogP contribution in [-0.4, -0.2) is 21.0 Å². The Hall–Kier alpha value is -2.28. The van der Waals surface area contributed by atoms with Crippen LogP contribution in [0.25, 0.3) is 0 Å². The molecule has 7 heteroatoms. The monoisotopic (exact) mass is 413 g/mol. The second-order valence-electron chi connectivity index (χ2n) is 8.81. The van der Waals surface area contributed by atoms with E-state index in [1.54, 1.807) is 11.8 Å². The van der Waals surface area contributed by atoms with Crippen LogP contribution in [0.3, 0.4) is 0 Å². The van der Waals surface area contributed by atoms with Gasteiger partial charge in [-0.05, 0) is 37.3 Å². The highest BCUT2D eigenvalue weighted by atomic mass is 32.2. The summed E-state index contributed by atoms with van der Waals surface area (Å²) >= 11 is 1.55. The van der Waals surface area contributed by atoms with Crippen LogP contribution in [0, 0.1) is 12.3 Å². The van der Waals surface area contributed by atoms with Crippen LogP contribution in [0.5, 0.6) is 0 Å². The van der Waals surface area contributed by atoms with E-state index in [4.69, 9.17) is 9.40 Å². The molecule has 0 amide bonds. The minimum atomic E-state index is -0.530. The SMILES string of the molecule is CC[C@H](C)Sc1nc2c(c(=O)[nH]1)[C@@H](c1ccc(C)o1)C1=C(CC(C)(C)CC1=O)N2. The summed E-state index contributed by atoms with van der Waals surface area (Å²) in [6.07, 6.45) is 2.16. The number of aryl methyl sites for hydroxylation is 1. The number of carbonyl (C=O) groups excluding carboxylic acids is 1. The van der Waals surface area contributed by atoms with E-state index in [9.17, 15) is 9.59 Å². The normalized spacial score (nSPS) is 21.4. The van der Waals surface area contributed by atoms with Gasteiger partial charge < -0.3 is 14.7 Å². The highest BCUT2D eigenvalue weighted by Crippen LogP contribution is 2.48. The van der Waals surface area contributed by atoms with Crippen molar-refractivity contribution < 1.29 is 9.21 Å². The molecule has 29 heavy (non-hydrogen) atoms. The first-order valence-corrected chi connectivity index (χ1v) is 11.0. The number of hydrogen-bond donors (Lipinski definition) is 2. The fraction of sp³-hybridized carbons (Fsp3) is 0.500. The zero-order valence-corrected chi connectivity index (χ0v) is 18.3. The molecule has 6 nitrogen and oxygen atoms in total. The summed E-state index contributed by atoms with van der Waals surface area (Å²) in [6.45, 7) is 10.3. The number of nitrogens with zero attached hydrogens (tertiary/aromatic N) is 1. The molecule has 2 aromatic heterocycles. The van der Waals surface area contributed by atoms with Crippen molar-refractivity contribution in [3.05, 3.63) is 50.8 Å². The van der Waals surface area contributed by atoms with Gasteiger partial charge in [0, 0.05) is 22.9 Å². The summed E-state index contributed by atoms with van der Waals surface area (Å²) in [5.74, 6) is 1.42. The molecule has 0 fully saturated rings. The van der Waals surface area contributed by atoms with Crippen molar-refractivity contribution in [2.24, 2.45) is 5.41 Å². The van der Waals surface area contributed by atoms with E-state index < -0.39 is 5.92 Å². The van der Waals surface area contributed by atoms with Crippen molar-refractivity contribution in [1.82, 2.24) is 9.97 Å². The lowest BCUT2D eigenvalue weighted by Crippen LogP contribution is -2.36. The average Bonchev–Trinajstić information content (AvgIpc) is 3.04. The van der Waals surface area contributed by atoms with E-state index in [0.717, 1.165) is 24.3 Å². The van der Waals surface area contributed by atoms with Gasteiger partial charge in [0.2, 0.25) is 0 Å². The molecule has 0 saturated heterocycles. The summed E-state index contributed by atoms with van der Waals surface area (Å²) in [5, 5.41) is 4.27. The minimum absolute atomic E-state index is 0.0610. The molecule has 2 aromatic rings. The first-order valence-electron chi connectivity index (χ1n) is 10.1. The largest absolute Gasteiger partial charge is 0.465 e. The number of furan rings is 1. The third kappa shape index (κ3) is 3.68. The summed E-state index contributed by atoms with van der Waals surface area (Å²) < 4.78 is 5.90. The average molecular weight is 414 g/mol. The van der Waals surface area contributed by atoms with E-state index in [2.05, 4.69) is 38.0 Å². The second-order valence-corrected chi connectivity index (χ2v) is 10.2. The predicted molar refractivity (Wildman–Crippen MR) is 114 cm³/mol. The first kappa shape index (κ1) is 20.0. The maximum atomic E-state index is 13.1. The molecular weight excluding hydrogens is 386 g/mol. The number of ketones is 1. The van der Waals surface area contributed by atoms with Gasteiger partial charge in [-0.15, -0.1) is 0 Å². The number of aromatic nitrogens is 2. The van der Waals surface area contributed by atoms with Crippen LogP contribution >= 0.6 is 11.8 Å². The van der Waals surface area contributed by atoms with Gasteiger partial charge in [0.15, 0.2) is 10.9 Å². The predicted octanol–water partition coefficient (Wildman–Crippen LogP) is 4.76. The summed E-state index contributed by atoms with van der Waals surface area (Å²) in [5.41, 5.74) is 1.59. The van der Waals surface area contributed by atoms with Crippen LogP contribution < -0.4 is 10.9 Å². The fourth-order valence-electron chi connectivity index (χ4n) is 4.12. The third-order valence-electron chi connectivity index (χ3n) is 5.63. The Morgan fingerprint density at radius 3 is 2.72 bits per heavy atom. The molecule has 0 bridgehead atoms. The Morgan fingerprint density at radius 2 is 2.07 bits per heavy atom. The Morgan fingerprint density at radius 1 is 1.31 bits per heavy atom. The zero-order valence-electron chi connectivity index (χ0n) is 17.5. The van der Waals surface area contributed by atoms with Crippen molar-refractivity contribution in [2.45, 2.75) is 70.2 Å². The van der Waals surface area contributed by atoms with Crippen LogP contribution in [0.1, 0.15) is 70.0 Å². The van der Waals surface area contributed by atoms with Crippen molar-refractivity contribution >= 4 is 23.4 Å². The molecule has 3 heterocycles. The van der Waals surface area contributed by atoms with E-state index >= 15 is 0 Å². The summed E-state index contributed by atoms with van der Waals surface area (Å²) in [4.78, 5) is 33.9. The minimum Gasteiger partial charge on any atom is -0.465 e. The molecule has 2 atom stereocenters. The van der Waals surface area contributed by atoms with Gasteiger partial charge in [-0.1, -0.05) is 39.5 Å². The van der Waals surface area contributed by atoms with Crippen LogP contribution in [0.2, 0.25) is 0 Å². The summed E-state index contributed by atoms with van der Waals surface area (Å²) in [7, 11) is 0. The molecule has 2 N–H and O–H groups in total. The van der Waals surface area contributed by atoms with Crippen molar-refractivity contribution in [3.63, 3.8) is 0 Å². The van der Waals surface area contributed by atoms with E-state index in [1.807, 2.05) is 19.1 Å². The van der Waals surface area contributed by atoms with E-state index in [-0.39, 0.29) is 16.8 Å². The maximum absolute atomic E-state index is 13.1. The molecule has 0 aromatic carbocycles. The van der Waals surface area contributed by atoms with Gasteiger partial charge in [-0.2, -0.15) is 0 Å². The number of allylic oxidation sites excluding steroid dienone is 2. The summed E-state index contributed by atoms with van der Waals surface area (Å²) in [6, 6.07) is 3.72. The fourth-order valence-corrected chi connectivity index (χ4v) is 4.96. The lowest BCUT2D eigenvalue weighted by molar-refractivity contribution is -0.118. The number of nitrogens with one attached hydrogen (secondary N) is 2. The van der Waals surface area contributed by atoms with Crippen LogP contribution in [-0.2, 0) is 4.79 Å². The Kier molecular flexibility index (Phi) is 4.97. The van der Waals surface area contributed by atoms with Crippen LogP contribution in [0.4, 0.5) is 5.82 Å². The molecular formula is C22H27N3O3S. The smallest absolute Gasteiger partial charge is 0.257 e. The number of hydrogen-bond acceptors (Lipinski definition) is 6. The van der Waals surface area contributed by atoms with Crippen molar-refractivity contribution in [3.8, 4) is 0 Å². The number of anilines is 1. The topological polar surface area (TPSA) is 88.0 Å². The first-order chi connectivity index (χ1) is 13.7. The van der Waals surface area contributed by atoms with Crippen molar-refractivity contribution in [2.75, 3.05) is 5.32 Å². The highest BCUT2D eigenvalue weighted by molar-refractivity contribution is 7.99. The standard InChI is InChI=1S/C22H27N3O3S/c1-6-12(3)29-21-24-19-18(20(27)25-21)17(15-8-7-11(2)28-15)16-13(23-19)9-22(4,5)10-14(16)26/h7-8,12,17H,6,9-10H2,1-5H3,(H2,23,24,25,27)/t12-,17-/m0/s1. The molecule has 154 valence electrons. The number of carbonyl (C=O) groups is 1. The van der Waals surface area contributed by atoms with Gasteiger partial charge in [0.1, 0.15) is 17.3 Å². The quantitative estimate of drug-likeness (QED) is 0.555. The zero-order chi connectivity index (χ0) is 20.9. The molecule has 2 aliphatic rings. The number of thioether (sulfide) groups is 1. The van der Waals surface area contributed by atoms with Gasteiger partial charge in [-0.3, -0.25) is 9.59 Å². The Balaban J connectivity index is 1.89. The number of rotatable bonds is 4. The molecule has 1 aliphatic heterocycles. The molecule has 0 radical (unpaired) electrons. The third-order valence-corrected chi connectivity index (χ3v) is 6.79. The van der Waals surface area contributed by atoms with Gasteiger partial charge in [0.25, 0.3) is 5.56 Å². The van der Waals surface area contributed by atoms with Gasteiger partial charge in [0.05, 0.1) is 11.5 Å². The second kappa shape index (κ2) is 7.20. The molecule has 1 aliphatic carbocycles. The number of fused-ring (bicyclic) bond motifs is 1. The molecule has 0 spiro atoms. The molecule has 4 rings (SSSR count). The Labute approximate surface area is 174 Å². The maximum Gasteiger partial charge on any atom is 0.257 e. The molecule has 0 unspecified atom stereocenters. The van der Waals surface area contributed by atoms with E-state index in [0.29, 0.717) is 39.5 Å². The lowest BCUT2D eigenvalue weighted by Gasteiger charge is -2.37. The van der Waals surface area contributed by atoms with Gasteiger partial charge in [-0.25, -0.2) is 4.98 Å². The lowest BCUT2D eigenvalue weighted by atomic mass is 9.70.